The second-order valence-corrected chi connectivity index (χ2v) is 8.12. The van der Waals surface area contributed by atoms with E-state index in [-0.39, 0.29) is 11.8 Å². The molecule has 1 fully saturated rings. The van der Waals surface area contributed by atoms with Gasteiger partial charge in [0.15, 0.2) is 0 Å². The molecular formula is C22H25ClN2O2. The summed E-state index contributed by atoms with van der Waals surface area (Å²) in [5.74, 6) is 0.280. The number of anilines is 1. The first-order valence-corrected chi connectivity index (χ1v) is 9.66. The maximum absolute atomic E-state index is 12.9. The first-order chi connectivity index (χ1) is 12.8. The van der Waals surface area contributed by atoms with E-state index in [9.17, 15) is 9.59 Å². The minimum Gasteiger partial charge on any atom is -0.352 e. The third kappa shape index (κ3) is 4.33. The molecule has 0 bridgehead atoms. The van der Waals surface area contributed by atoms with Gasteiger partial charge in [0, 0.05) is 22.8 Å². The molecule has 0 spiro atoms. The Balaban J connectivity index is 1.72. The average Bonchev–Trinajstić information content (AvgIpc) is 3.43. The van der Waals surface area contributed by atoms with E-state index in [1.165, 1.54) is 0 Å². The number of hydrogen-bond acceptors (Lipinski definition) is 2. The van der Waals surface area contributed by atoms with E-state index in [0.29, 0.717) is 23.0 Å². The van der Waals surface area contributed by atoms with Crippen molar-refractivity contribution in [3.8, 4) is 0 Å². The van der Waals surface area contributed by atoms with Crippen molar-refractivity contribution in [2.24, 2.45) is 5.92 Å². The molecule has 27 heavy (non-hydrogen) atoms. The van der Waals surface area contributed by atoms with Gasteiger partial charge in [-0.15, -0.1) is 0 Å². The van der Waals surface area contributed by atoms with Crippen molar-refractivity contribution in [1.29, 1.82) is 0 Å². The van der Waals surface area contributed by atoms with Crippen molar-refractivity contribution in [3.05, 3.63) is 64.2 Å². The molecule has 3 rings (SSSR count). The Hall–Kier alpha value is -2.33. The molecule has 1 saturated carbocycles. The van der Waals surface area contributed by atoms with Gasteiger partial charge in [0.2, 0.25) is 5.91 Å². The van der Waals surface area contributed by atoms with Crippen LogP contribution in [0.15, 0.2) is 42.5 Å². The number of aryl methyl sites for hydroxylation is 1. The number of nitrogens with one attached hydrogen (secondary N) is 2. The molecule has 2 amide bonds. The first kappa shape index (κ1) is 19.4. The van der Waals surface area contributed by atoms with Crippen molar-refractivity contribution in [3.63, 3.8) is 0 Å². The van der Waals surface area contributed by atoms with Gasteiger partial charge in [-0.3, -0.25) is 9.59 Å². The SMILES string of the molecule is Cc1cc(C(=O)NCC(C)C)ccc1NC(=O)C1(c2cccc(Cl)c2)CC1. The topological polar surface area (TPSA) is 58.2 Å². The molecule has 4 nitrogen and oxygen atoms in total. The second kappa shape index (κ2) is 7.73. The van der Waals surface area contributed by atoms with E-state index in [0.717, 1.165) is 29.7 Å². The van der Waals surface area contributed by atoms with Crippen LogP contribution in [0.25, 0.3) is 0 Å². The van der Waals surface area contributed by atoms with E-state index in [4.69, 9.17) is 11.6 Å². The van der Waals surface area contributed by atoms with Crippen molar-refractivity contribution in [2.45, 2.75) is 39.0 Å². The predicted octanol–water partition coefficient (Wildman–Crippen LogP) is 4.70. The molecular weight excluding hydrogens is 360 g/mol. The molecule has 2 N–H and O–H groups in total. The smallest absolute Gasteiger partial charge is 0.251 e. The molecule has 0 heterocycles. The summed E-state index contributed by atoms with van der Waals surface area (Å²) in [5.41, 5.74) is 2.65. The third-order valence-electron chi connectivity index (χ3n) is 4.97. The van der Waals surface area contributed by atoms with Crippen LogP contribution < -0.4 is 10.6 Å². The Kier molecular flexibility index (Phi) is 5.56. The molecule has 0 unspecified atom stereocenters. The van der Waals surface area contributed by atoms with Gasteiger partial charge in [0.05, 0.1) is 5.41 Å². The van der Waals surface area contributed by atoms with Crippen molar-refractivity contribution < 1.29 is 9.59 Å². The highest BCUT2D eigenvalue weighted by atomic mass is 35.5. The molecule has 142 valence electrons. The standard InChI is InChI=1S/C22H25ClN2O2/c1-14(2)13-24-20(26)16-7-8-19(15(3)11-16)25-21(27)22(9-10-22)17-5-4-6-18(23)12-17/h4-8,11-12,14H,9-10,13H2,1-3H3,(H,24,26)(H,25,27). The van der Waals surface area contributed by atoms with Gasteiger partial charge in [0.1, 0.15) is 0 Å². The lowest BCUT2D eigenvalue weighted by atomic mass is 9.94. The van der Waals surface area contributed by atoms with Crippen LogP contribution in [-0.2, 0) is 10.2 Å². The fraction of sp³-hybridized carbons (Fsp3) is 0.364. The van der Waals surface area contributed by atoms with Gasteiger partial charge < -0.3 is 10.6 Å². The highest BCUT2D eigenvalue weighted by molar-refractivity contribution is 6.30. The molecule has 0 radical (unpaired) electrons. The molecule has 0 saturated heterocycles. The third-order valence-corrected chi connectivity index (χ3v) is 5.20. The summed E-state index contributed by atoms with van der Waals surface area (Å²) in [5, 5.41) is 6.58. The zero-order valence-electron chi connectivity index (χ0n) is 15.9. The summed E-state index contributed by atoms with van der Waals surface area (Å²) in [6, 6.07) is 12.9. The molecule has 5 heteroatoms. The fourth-order valence-electron chi connectivity index (χ4n) is 3.14. The lowest BCUT2D eigenvalue weighted by Crippen LogP contribution is -2.29. The summed E-state index contributed by atoms with van der Waals surface area (Å²) in [6.45, 7) is 6.64. The highest BCUT2D eigenvalue weighted by Crippen LogP contribution is 2.49. The Bertz CT molecular complexity index is 872. The van der Waals surface area contributed by atoms with Crippen LogP contribution in [0.2, 0.25) is 5.02 Å². The number of carbonyl (C=O) groups excluding carboxylic acids is 2. The molecule has 0 aliphatic heterocycles. The lowest BCUT2D eigenvalue weighted by Gasteiger charge is -2.17. The quantitative estimate of drug-likeness (QED) is 0.758. The molecule has 1 aliphatic carbocycles. The van der Waals surface area contributed by atoms with Crippen LogP contribution in [-0.4, -0.2) is 18.4 Å². The van der Waals surface area contributed by atoms with Crippen molar-refractivity contribution in [1.82, 2.24) is 5.32 Å². The van der Waals surface area contributed by atoms with Crippen molar-refractivity contribution in [2.75, 3.05) is 11.9 Å². The summed E-state index contributed by atoms with van der Waals surface area (Å²) < 4.78 is 0. The number of benzene rings is 2. The zero-order valence-corrected chi connectivity index (χ0v) is 16.7. The monoisotopic (exact) mass is 384 g/mol. The van der Waals surface area contributed by atoms with Gasteiger partial charge in [-0.05, 0) is 67.1 Å². The Morgan fingerprint density at radius 1 is 1.15 bits per heavy atom. The summed E-state index contributed by atoms with van der Waals surface area (Å²) >= 11 is 6.09. The largest absolute Gasteiger partial charge is 0.352 e. The van der Waals surface area contributed by atoms with Crippen molar-refractivity contribution >= 4 is 29.1 Å². The van der Waals surface area contributed by atoms with Gasteiger partial charge in [-0.2, -0.15) is 0 Å². The summed E-state index contributed by atoms with van der Waals surface area (Å²) in [6.07, 6.45) is 1.63. The van der Waals surface area contributed by atoms with Crippen LogP contribution in [0.1, 0.15) is 48.2 Å². The zero-order chi connectivity index (χ0) is 19.6. The minimum atomic E-state index is -0.495. The average molecular weight is 385 g/mol. The van der Waals surface area contributed by atoms with Crippen LogP contribution in [0.5, 0.6) is 0 Å². The van der Waals surface area contributed by atoms with E-state index < -0.39 is 5.41 Å². The number of halogens is 1. The van der Waals surface area contributed by atoms with Crippen LogP contribution in [0, 0.1) is 12.8 Å². The maximum Gasteiger partial charge on any atom is 0.251 e. The number of hydrogen-bond donors (Lipinski definition) is 2. The number of carbonyl (C=O) groups is 2. The van der Waals surface area contributed by atoms with E-state index in [1.807, 2.05) is 37.3 Å². The Morgan fingerprint density at radius 2 is 1.89 bits per heavy atom. The normalized spacial score (nSPS) is 14.7. The second-order valence-electron chi connectivity index (χ2n) is 7.68. The maximum atomic E-state index is 12.9. The Morgan fingerprint density at radius 3 is 2.48 bits per heavy atom. The van der Waals surface area contributed by atoms with E-state index in [2.05, 4.69) is 24.5 Å². The van der Waals surface area contributed by atoms with Crippen LogP contribution in [0.4, 0.5) is 5.69 Å². The van der Waals surface area contributed by atoms with E-state index in [1.54, 1.807) is 12.1 Å². The molecule has 1 aliphatic rings. The van der Waals surface area contributed by atoms with Gasteiger partial charge in [-0.1, -0.05) is 37.6 Å². The Labute approximate surface area is 165 Å². The summed E-state index contributed by atoms with van der Waals surface area (Å²) in [4.78, 5) is 25.1. The highest BCUT2D eigenvalue weighted by Gasteiger charge is 2.51. The van der Waals surface area contributed by atoms with Crippen LogP contribution in [0.3, 0.4) is 0 Å². The molecule has 2 aromatic carbocycles. The number of amides is 2. The molecule has 0 aromatic heterocycles. The van der Waals surface area contributed by atoms with Gasteiger partial charge in [0.25, 0.3) is 5.91 Å². The molecule has 0 atom stereocenters. The number of rotatable bonds is 6. The minimum absolute atomic E-state index is 0.0233. The fourth-order valence-corrected chi connectivity index (χ4v) is 3.33. The predicted molar refractivity (Wildman–Crippen MR) is 109 cm³/mol. The van der Waals surface area contributed by atoms with Crippen LogP contribution >= 0.6 is 11.6 Å². The van der Waals surface area contributed by atoms with Gasteiger partial charge >= 0.3 is 0 Å². The first-order valence-electron chi connectivity index (χ1n) is 9.28. The summed E-state index contributed by atoms with van der Waals surface area (Å²) in [7, 11) is 0. The van der Waals surface area contributed by atoms with E-state index >= 15 is 0 Å². The van der Waals surface area contributed by atoms with Gasteiger partial charge in [-0.25, -0.2) is 0 Å². The molecule has 2 aromatic rings. The lowest BCUT2D eigenvalue weighted by molar-refractivity contribution is -0.118.